The Labute approximate surface area is 109 Å². The molecule has 0 aliphatic rings. The minimum Gasteiger partial charge on any atom is -0.361 e. The number of fused-ring (bicyclic) bond motifs is 1. The van der Waals surface area contributed by atoms with Gasteiger partial charge in [-0.3, -0.25) is 4.79 Å². The Kier molecular flexibility index (Phi) is 2.79. The van der Waals surface area contributed by atoms with Crippen molar-refractivity contribution in [3.63, 3.8) is 0 Å². The van der Waals surface area contributed by atoms with Gasteiger partial charge in [0.05, 0.1) is 6.54 Å². The van der Waals surface area contributed by atoms with Gasteiger partial charge in [-0.25, -0.2) is 0 Å². The van der Waals surface area contributed by atoms with Crippen LogP contribution in [0.2, 0.25) is 0 Å². The standard InChI is InChI=1S/C14H13N3O2/c1-9-6-11(17-19-9)8-15-14(18)13-7-10-4-2-3-5-12(10)16-13/h2-7,16H,8H2,1H3,(H,15,18). The van der Waals surface area contributed by atoms with Crippen LogP contribution < -0.4 is 5.32 Å². The van der Waals surface area contributed by atoms with Crippen molar-refractivity contribution in [3.8, 4) is 0 Å². The number of nitrogens with one attached hydrogen (secondary N) is 2. The van der Waals surface area contributed by atoms with Gasteiger partial charge in [-0.05, 0) is 19.1 Å². The molecule has 5 nitrogen and oxygen atoms in total. The third kappa shape index (κ3) is 2.35. The van der Waals surface area contributed by atoms with Gasteiger partial charge in [-0.1, -0.05) is 23.4 Å². The molecule has 2 N–H and O–H groups in total. The lowest BCUT2D eigenvalue weighted by atomic mass is 10.2. The number of benzene rings is 1. The van der Waals surface area contributed by atoms with Crippen LogP contribution in [0.4, 0.5) is 0 Å². The summed E-state index contributed by atoms with van der Waals surface area (Å²) < 4.78 is 4.94. The Morgan fingerprint density at radius 2 is 2.21 bits per heavy atom. The van der Waals surface area contributed by atoms with Crippen LogP contribution in [0.15, 0.2) is 40.9 Å². The number of aryl methyl sites for hydroxylation is 1. The summed E-state index contributed by atoms with van der Waals surface area (Å²) in [6, 6.07) is 11.4. The second-order valence-electron chi connectivity index (χ2n) is 4.38. The Balaban J connectivity index is 1.73. The van der Waals surface area contributed by atoms with Crippen LogP contribution in [-0.2, 0) is 6.54 Å². The highest BCUT2D eigenvalue weighted by molar-refractivity contribution is 5.97. The van der Waals surface area contributed by atoms with Crippen molar-refractivity contribution in [3.05, 3.63) is 53.5 Å². The monoisotopic (exact) mass is 255 g/mol. The molecule has 0 radical (unpaired) electrons. The Hall–Kier alpha value is -2.56. The first-order valence-electron chi connectivity index (χ1n) is 6.00. The summed E-state index contributed by atoms with van der Waals surface area (Å²) >= 11 is 0. The molecule has 0 spiro atoms. The third-order valence-corrected chi connectivity index (χ3v) is 2.88. The lowest BCUT2D eigenvalue weighted by Crippen LogP contribution is -2.23. The van der Waals surface area contributed by atoms with E-state index in [0.29, 0.717) is 17.9 Å². The molecule has 0 fully saturated rings. The van der Waals surface area contributed by atoms with E-state index >= 15 is 0 Å². The van der Waals surface area contributed by atoms with Crippen LogP contribution in [0.5, 0.6) is 0 Å². The second kappa shape index (κ2) is 4.61. The summed E-state index contributed by atoms with van der Waals surface area (Å²) in [7, 11) is 0. The molecule has 96 valence electrons. The van der Waals surface area contributed by atoms with E-state index in [1.54, 1.807) is 6.07 Å². The Bertz CT molecular complexity index is 694. The number of amides is 1. The molecule has 5 heteroatoms. The zero-order valence-corrected chi connectivity index (χ0v) is 10.4. The van der Waals surface area contributed by atoms with E-state index in [9.17, 15) is 4.79 Å². The van der Waals surface area contributed by atoms with E-state index in [1.165, 1.54) is 0 Å². The lowest BCUT2D eigenvalue weighted by Gasteiger charge is -1.99. The minimum atomic E-state index is -0.156. The van der Waals surface area contributed by atoms with Gasteiger partial charge in [0.1, 0.15) is 17.1 Å². The second-order valence-corrected chi connectivity index (χ2v) is 4.38. The molecule has 1 aromatic carbocycles. The minimum absolute atomic E-state index is 0.156. The average molecular weight is 255 g/mol. The number of aromatic nitrogens is 2. The quantitative estimate of drug-likeness (QED) is 0.755. The van der Waals surface area contributed by atoms with E-state index in [-0.39, 0.29) is 5.91 Å². The zero-order valence-electron chi connectivity index (χ0n) is 10.4. The van der Waals surface area contributed by atoms with E-state index in [4.69, 9.17) is 4.52 Å². The number of para-hydroxylation sites is 1. The number of carbonyl (C=O) groups excluding carboxylic acids is 1. The largest absolute Gasteiger partial charge is 0.361 e. The van der Waals surface area contributed by atoms with Crippen molar-refractivity contribution < 1.29 is 9.32 Å². The summed E-state index contributed by atoms with van der Waals surface area (Å²) in [4.78, 5) is 15.1. The molecule has 19 heavy (non-hydrogen) atoms. The van der Waals surface area contributed by atoms with E-state index < -0.39 is 0 Å². The summed E-state index contributed by atoms with van der Waals surface area (Å²) in [6.07, 6.45) is 0. The molecule has 2 heterocycles. The van der Waals surface area contributed by atoms with Gasteiger partial charge in [0.2, 0.25) is 0 Å². The maximum absolute atomic E-state index is 12.0. The number of H-pyrrole nitrogens is 1. The maximum Gasteiger partial charge on any atom is 0.268 e. The first-order chi connectivity index (χ1) is 9.22. The fourth-order valence-electron chi connectivity index (χ4n) is 1.96. The molecule has 1 amide bonds. The number of nitrogens with zero attached hydrogens (tertiary/aromatic N) is 1. The predicted octanol–water partition coefficient (Wildman–Crippen LogP) is 2.39. The Morgan fingerprint density at radius 3 is 2.95 bits per heavy atom. The molecule has 0 bridgehead atoms. The van der Waals surface area contributed by atoms with Crippen LogP contribution >= 0.6 is 0 Å². The molecular formula is C14H13N3O2. The van der Waals surface area contributed by atoms with Crippen molar-refractivity contribution in [1.29, 1.82) is 0 Å². The van der Waals surface area contributed by atoms with Gasteiger partial charge in [-0.15, -0.1) is 0 Å². The topological polar surface area (TPSA) is 70.9 Å². The highest BCUT2D eigenvalue weighted by Gasteiger charge is 2.09. The fraction of sp³-hybridized carbons (Fsp3) is 0.143. The zero-order chi connectivity index (χ0) is 13.2. The van der Waals surface area contributed by atoms with Crippen LogP contribution in [0.3, 0.4) is 0 Å². The highest BCUT2D eigenvalue weighted by atomic mass is 16.5. The van der Waals surface area contributed by atoms with Crippen LogP contribution in [0.25, 0.3) is 10.9 Å². The number of rotatable bonds is 3. The summed E-state index contributed by atoms with van der Waals surface area (Å²) in [5.74, 6) is 0.576. The maximum atomic E-state index is 12.0. The Morgan fingerprint density at radius 1 is 1.37 bits per heavy atom. The van der Waals surface area contributed by atoms with Gasteiger partial charge in [0.15, 0.2) is 0 Å². The molecule has 3 aromatic rings. The van der Waals surface area contributed by atoms with Crippen molar-refractivity contribution in [1.82, 2.24) is 15.5 Å². The van der Waals surface area contributed by atoms with Crippen molar-refractivity contribution in [2.75, 3.05) is 0 Å². The smallest absolute Gasteiger partial charge is 0.268 e. The number of carbonyl (C=O) groups is 1. The summed E-state index contributed by atoms with van der Waals surface area (Å²) in [5, 5.41) is 7.64. The van der Waals surface area contributed by atoms with Gasteiger partial charge in [0, 0.05) is 17.0 Å². The molecule has 0 aliphatic heterocycles. The predicted molar refractivity (Wildman–Crippen MR) is 70.7 cm³/mol. The fourth-order valence-corrected chi connectivity index (χ4v) is 1.96. The summed E-state index contributed by atoms with van der Waals surface area (Å²) in [5.41, 5.74) is 2.20. The van der Waals surface area contributed by atoms with E-state index in [1.807, 2.05) is 37.3 Å². The molecular weight excluding hydrogens is 242 g/mol. The molecule has 0 saturated heterocycles. The summed E-state index contributed by atoms with van der Waals surface area (Å²) in [6.45, 7) is 2.17. The highest BCUT2D eigenvalue weighted by Crippen LogP contribution is 2.14. The van der Waals surface area contributed by atoms with Crippen molar-refractivity contribution in [2.24, 2.45) is 0 Å². The lowest BCUT2D eigenvalue weighted by molar-refractivity contribution is 0.0946. The number of hydrogen-bond donors (Lipinski definition) is 2. The third-order valence-electron chi connectivity index (χ3n) is 2.88. The molecule has 2 aromatic heterocycles. The first kappa shape index (κ1) is 11.5. The number of hydrogen-bond acceptors (Lipinski definition) is 3. The normalized spacial score (nSPS) is 10.8. The van der Waals surface area contributed by atoms with Gasteiger partial charge >= 0.3 is 0 Å². The van der Waals surface area contributed by atoms with Gasteiger partial charge in [-0.2, -0.15) is 0 Å². The SMILES string of the molecule is Cc1cc(CNC(=O)c2cc3ccccc3[nH]2)no1. The molecule has 0 unspecified atom stereocenters. The van der Waals surface area contributed by atoms with E-state index in [2.05, 4.69) is 15.5 Å². The van der Waals surface area contributed by atoms with Crippen LogP contribution in [0.1, 0.15) is 21.9 Å². The molecule has 3 rings (SSSR count). The first-order valence-corrected chi connectivity index (χ1v) is 6.00. The van der Waals surface area contributed by atoms with Crippen molar-refractivity contribution in [2.45, 2.75) is 13.5 Å². The molecule has 0 atom stereocenters. The van der Waals surface area contributed by atoms with Crippen LogP contribution in [0, 0.1) is 6.92 Å². The molecule has 0 aliphatic carbocycles. The molecule has 0 saturated carbocycles. The van der Waals surface area contributed by atoms with Gasteiger partial charge < -0.3 is 14.8 Å². The van der Waals surface area contributed by atoms with Gasteiger partial charge in [0.25, 0.3) is 5.91 Å². The van der Waals surface area contributed by atoms with E-state index in [0.717, 1.165) is 16.7 Å². The average Bonchev–Trinajstić information content (AvgIpc) is 3.01. The van der Waals surface area contributed by atoms with Crippen LogP contribution in [-0.4, -0.2) is 16.0 Å². The number of aromatic amines is 1. The van der Waals surface area contributed by atoms with Crippen molar-refractivity contribution >= 4 is 16.8 Å².